The molecule has 0 amide bonds. The molecule has 0 aliphatic carbocycles. The Balaban J connectivity index is 2.17. The van der Waals surface area contributed by atoms with E-state index in [-0.39, 0.29) is 11.9 Å². The fourth-order valence-corrected chi connectivity index (χ4v) is 2.57. The first-order chi connectivity index (χ1) is 9.52. The summed E-state index contributed by atoms with van der Waals surface area (Å²) in [7, 11) is 2.07. The standard InChI is InChI=1S/C16H21FN2O/c1-5-16(13-6-8-14(17)9-7-13)19(4)10-15-11(2)18-20-12(15)3/h6-9,16H,5,10H2,1-4H3. The molecule has 1 unspecified atom stereocenters. The van der Waals surface area contributed by atoms with E-state index in [0.717, 1.165) is 35.5 Å². The van der Waals surface area contributed by atoms with Gasteiger partial charge in [0.05, 0.1) is 5.69 Å². The number of halogens is 1. The molecule has 0 spiro atoms. The molecule has 1 aromatic heterocycles. The predicted octanol–water partition coefficient (Wildman–Crippen LogP) is 4.01. The van der Waals surface area contributed by atoms with E-state index in [9.17, 15) is 4.39 Å². The Morgan fingerprint density at radius 2 is 1.90 bits per heavy atom. The van der Waals surface area contributed by atoms with Crippen LogP contribution in [0.4, 0.5) is 4.39 Å². The average Bonchev–Trinajstić information content (AvgIpc) is 2.73. The smallest absolute Gasteiger partial charge is 0.138 e. The minimum atomic E-state index is -0.197. The van der Waals surface area contributed by atoms with E-state index >= 15 is 0 Å². The molecule has 3 nitrogen and oxygen atoms in total. The van der Waals surface area contributed by atoms with E-state index in [0.29, 0.717) is 0 Å². The second kappa shape index (κ2) is 6.18. The molecule has 0 aliphatic heterocycles. The van der Waals surface area contributed by atoms with Gasteiger partial charge in [0.2, 0.25) is 0 Å². The van der Waals surface area contributed by atoms with Crippen LogP contribution >= 0.6 is 0 Å². The van der Waals surface area contributed by atoms with Gasteiger partial charge in [0.1, 0.15) is 11.6 Å². The summed E-state index contributed by atoms with van der Waals surface area (Å²) in [6.45, 7) is 6.80. The van der Waals surface area contributed by atoms with Crippen LogP contribution in [0.25, 0.3) is 0 Å². The van der Waals surface area contributed by atoms with E-state index < -0.39 is 0 Å². The third-order valence-corrected chi connectivity index (χ3v) is 3.76. The predicted molar refractivity (Wildman–Crippen MR) is 76.9 cm³/mol. The monoisotopic (exact) mass is 276 g/mol. The maximum absolute atomic E-state index is 13.0. The number of nitrogens with zero attached hydrogens (tertiary/aromatic N) is 2. The fourth-order valence-electron chi connectivity index (χ4n) is 2.57. The Morgan fingerprint density at radius 1 is 1.25 bits per heavy atom. The van der Waals surface area contributed by atoms with Crippen LogP contribution in [-0.4, -0.2) is 17.1 Å². The van der Waals surface area contributed by atoms with E-state index in [1.165, 1.54) is 12.1 Å². The fraction of sp³-hybridized carbons (Fsp3) is 0.438. The average molecular weight is 276 g/mol. The number of hydrogen-bond donors (Lipinski definition) is 0. The largest absolute Gasteiger partial charge is 0.361 e. The lowest BCUT2D eigenvalue weighted by Crippen LogP contribution is -2.24. The van der Waals surface area contributed by atoms with Crippen molar-refractivity contribution >= 4 is 0 Å². The van der Waals surface area contributed by atoms with Crippen molar-refractivity contribution in [2.75, 3.05) is 7.05 Å². The maximum Gasteiger partial charge on any atom is 0.138 e. The Morgan fingerprint density at radius 3 is 2.40 bits per heavy atom. The van der Waals surface area contributed by atoms with Crippen molar-refractivity contribution in [1.82, 2.24) is 10.1 Å². The summed E-state index contributed by atoms with van der Waals surface area (Å²) in [5, 5.41) is 3.99. The minimum Gasteiger partial charge on any atom is -0.361 e. The highest BCUT2D eigenvalue weighted by atomic mass is 19.1. The van der Waals surface area contributed by atoms with Crippen LogP contribution in [0.2, 0.25) is 0 Å². The Labute approximate surface area is 119 Å². The molecule has 20 heavy (non-hydrogen) atoms. The van der Waals surface area contributed by atoms with Gasteiger partial charge in [0.15, 0.2) is 0 Å². The van der Waals surface area contributed by atoms with Crippen LogP contribution in [0.1, 0.15) is 42.0 Å². The molecule has 108 valence electrons. The van der Waals surface area contributed by atoms with Crippen molar-refractivity contribution in [2.45, 2.75) is 39.8 Å². The van der Waals surface area contributed by atoms with Gasteiger partial charge in [-0.3, -0.25) is 4.90 Å². The summed E-state index contributed by atoms with van der Waals surface area (Å²) in [4.78, 5) is 2.25. The van der Waals surface area contributed by atoms with E-state index in [1.54, 1.807) is 0 Å². The number of hydrogen-bond acceptors (Lipinski definition) is 3. The molecule has 0 saturated carbocycles. The molecule has 4 heteroatoms. The van der Waals surface area contributed by atoms with Gasteiger partial charge < -0.3 is 4.52 Å². The van der Waals surface area contributed by atoms with Gasteiger partial charge in [-0.25, -0.2) is 4.39 Å². The lowest BCUT2D eigenvalue weighted by Gasteiger charge is -2.27. The highest BCUT2D eigenvalue weighted by Crippen LogP contribution is 2.26. The summed E-state index contributed by atoms with van der Waals surface area (Å²) in [6.07, 6.45) is 0.964. The highest BCUT2D eigenvalue weighted by Gasteiger charge is 2.18. The van der Waals surface area contributed by atoms with Crippen molar-refractivity contribution in [2.24, 2.45) is 0 Å². The van der Waals surface area contributed by atoms with E-state index in [2.05, 4.69) is 24.0 Å². The Kier molecular flexibility index (Phi) is 4.55. The van der Waals surface area contributed by atoms with Crippen molar-refractivity contribution in [3.05, 3.63) is 52.7 Å². The van der Waals surface area contributed by atoms with Crippen molar-refractivity contribution < 1.29 is 8.91 Å². The summed E-state index contributed by atoms with van der Waals surface area (Å²) in [5.74, 6) is 0.667. The number of aromatic nitrogens is 1. The summed E-state index contributed by atoms with van der Waals surface area (Å²) < 4.78 is 18.2. The Hall–Kier alpha value is -1.68. The van der Waals surface area contributed by atoms with Crippen LogP contribution in [0.5, 0.6) is 0 Å². The van der Waals surface area contributed by atoms with Crippen molar-refractivity contribution in [1.29, 1.82) is 0 Å². The van der Waals surface area contributed by atoms with Crippen molar-refractivity contribution in [3.63, 3.8) is 0 Å². The molecule has 1 atom stereocenters. The summed E-state index contributed by atoms with van der Waals surface area (Å²) in [5.41, 5.74) is 3.19. The third-order valence-electron chi connectivity index (χ3n) is 3.76. The molecule has 1 aromatic carbocycles. The van der Waals surface area contributed by atoms with E-state index in [4.69, 9.17) is 4.52 Å². The second-order valence-electron chi connectivity index (χ2n) is 5.19. The molecule has 0 bridgehead atoms. The molecule has 0 fully saturated rings. The van der Waals surface area contributed by atoms with Gasteiger partial charge in [-0.05, 0) is 45.0 Å². The zero-order chi connectivity index (χ0) is 14.7. The van der Waals surface area contributed by atoms with Crippen LogP contribution in [0.3, 0.4) is 0 Å². The quantitative estimate of drug-likeness (QED) is 0.826. The molecule has 2 aromatic rings. The third kappa shape index (κ3) is 3.07. The van der Waals surface area contributed by atoms with Crippen LogP contribution in [0, 0.1) is 19.7 Å². The van der Waals surface area contributed by atoms with Gasteiger partial charge >= 0.3 is 0 Å². The van der Waals surface area contributed by atoms with Crippen LogP contribution < -0.4 is 0 Å². The lowest BCUT2D eigenvalue weighted by molar-refractivity contribution is 0.228. The summed E-state index contributed by atoms with van der Waals surface area (Å²) in [6, 6.07) is 6.99. The van der Waals surface area contributed by atoms with Gasteiger partial charge in [-0.1, -0.05) is 24.2 Å². The Bertz CT molecular complexity index is 543. The first-order valence-electron chi connectivity index (χ1n) is 6.90. The molecule has 0 N–H and O–H groups in total. The normalized spacial score (nSPS) is 12.9. The van der Waals surface area contributed by atoms with Gasteiger partial charge in [0.25, 0.3) is 0 Å². The van der Waals surface area contributed by atoms with Crippen molar-refractivity contribution in [3.8, 4) is 0 Å². The van der Waals surface area contributed by atoms with Gasteiger partial charge in [-0.2, -0.15) is 0 Å². The topological polar surface area (TPSA) is 29.3 Å². The summed E-state index contributed by atoms with van der Waals surface area (Å²) >= 11 is 0. The molecule has 2 rings (SSSR count). The second-order valence-corrected chi connectivity index (χ2v) is 5.19. The van der Waals surface area contributed by atoms with E-state index in [1.807, 2.05) is 26.0 Å². The maximum atomic E-state index is 13.0. The highest BCUT2D eigenvalue weighted by molar-refractivity contribution is 5.23. The molecular weight excluding hydrogens is 255 g/mol. The number of rotatable bonds is 5. The first-order valence-corrected chi connectivity index (χ1v) is 6.90. The minimum absolute atomic E-state index is 0.197. The molecule has 1 heterocycles. The van der Waals surface area contributed by atoms with Gasteiger partial charge in [-0.15, -0.1) is 0 Å². The van der Waals surface area contributed by atoms with Crippen LogP contribution in [0.15, 0.2) is 28.8 Å². The number of aryl methyl sites for hydroxylation is 2. The molecular formula is C16H21FN2O. The van der Waals surface area contributed by atoms with Gasteiger partial charge in [0, 0.05) is 18.2 Å². The SMILES string of the molecule is CCC(c1ccc(F)cc1)N(C)Cc1c(C)noc1C. The number of benzene rings is 1. The zero-order valence-electron chi connectivity index (χ0n) is 12.5. The van der Waals surface area contributed by atoms with Crippen LogP contribution in [-0.2, 0) is 6.54 Å². The first kappa shape index (κ1) is 14.7. The molecule has 0 aliphatic rings. The molecule has 0 saturated heterocycles. The zero-order valence-corrected chi connectivity index (χ0v) is 12.5. The lowest BCUT2D eigenvalue weighted by atomic mass is 10.0. The molecule has 0 radical (unpaired) electrons.